The van der Waals surface area contributed by atoms with Crippen molar-refractivity contribution in [3.05, 3.63) is 0 Å². The molecule has 35 heavy (non-hydrogen) atoms. The summed E-state index contributed by atoms with van der Waals surface area (Å²) in [5, 5.41) is 62.5. The molecule has 5 aliphatic rings. The summed E-state index contributed by atoms with van der Waals surface area (Å²) in [5.74, 6) is -0.367. The van der Waals surface area contributed by atoms with E-state index in [4.69, 9.17) is 9.47 Å². The molecule has 9 nitrogen and oxygen atoms in total. The summed E-state index contributed by atoms with van der Waals surface area (Å²) in [4.78, 5) is 12.3. The smallest absolute Gasteiger partial charge is 0.309 e. The predicted molar refractivity (Wildman–Crippen MR) is 123 cm³/mol. The molecule has 0 aromatic heterocycles. The van der Waals surface area contributed by atoms with E-state index in [0.29, 0.717) is 25.7 Å². The number of aliphatic carboxylic acids is 1. The number of hydrogen-bond donors (Lipinski definition) is 6. The summed E-state index contributed by atoms with van der Waals surface area (Å²) in [7, 11) is 0. The van der Waals surface area contributed by atoms with E-state index in [2.05, 4.69) is 6.92 Å². The summed E-state index contributed by atoms with van der Waals surface area (Å²) in [6.45, 7) is 5.41. The Morgan fingerprint density at radius 3 is 2.29 bits per heavy atom. The lowest BCUT2D eigenvalue weighted by atomic mass is 9.41. The Morgan fingerprint density at radius 2 is 1.63 bits per heavy atom. The van der Waals surface area contributed by atoms with Crippen LogP contribution in [0.2, 0.25) is 0 Å². The highest BCUT2D eigenvalue weighted by Gasteiger charge is 2.73. The first kappa shape index (κ1) is 25.8. The average molecular weight is 499 g/mol. The molecule has 6 unspecified atom stereocenters. The molecule has 12 atom stereocenters. The monoisotopic (exact) mass is 498 g/mol. The molecule has 0 radical (unpaired) electrons. The first-order valence-corrected chi connectivity index (χ1v) is 13.2. The number of hydrogen-bond acceptors (Lipinski definition) is 8. The Balaban J connectivity index is 1.44. The van der Waals surface area contributed by atoms with E-state index >= 15 is 0 Å². The van der Waals surface area contributed by atoms with Gasteiger partial charge in [-0.2, -0.15) is 0 Å². The molecular formula is C26H42O9. The van der Waals surface area contributed by atoms with Crippen LogP contribution in [-0.4, -0.2) is 85.1 Å². The molecule has 1 saturated heterocycles. The lowest BCUT2D eigenvalue weighted by Gasteiger charge is -2.64. The molecule has 200 valence electrons. The standard InChI is InChI=1S/C26H42O9/c1-22-7-4-8-23(2,21(31)32)15(22)5-9-25-12-24(3,33)26(13-25,10-6-16(22)25)35-20-19(30)18(29)17(28)14(11-27)34-20/h14-20,27-30,33H,4-13H2,1-3H3,(H,31,32)/t14?,15?,16-,17?,18?,19?,20?,22+,23+,24+,25+,26-/m0/s1. The Morgan fingerprint density at radius 1 is 0.943 bits per heavy atom. The first-order valence-electron chi connectivity index (χ1n) is 13.2. The minimum Gasteiger partial charge on any atom is -0.481 e. The van der Waals surface area contributed by atoms with E-state index in [-0.39, 0.29) is 22.7 Å². The van der Waals surface area contributed by atoms with Crippen LogP contribution in [0.25, 0.3) is 0 Å². The Hall–Kier alpha value is -0.810. The molecule has 1 aliphatic heterocycles. The Labute approximate surface area is 206 Å². The van der Waals surface area contributed by atoms with Crippen LogP contribution in [0.4, 0.5) is 0 Å². The molecule has 2 bridgehead atoms. The van der Waals surface area contributed by atoms with Gasteiger partial charge in [0.15, 0.2) is 6.29 Å². The van der Waals surface area contributed by atoms with Crippen molar-refractivity contribution in [2.45, 2.75) is 120 Å². The van der Waals surface area contributed by atoms with Gasteiger partial charge in [-0.05, 0) is 87.9 Å². The second-order valence-electron chi connectivity index (χ2n) is 13.1. The zero-order valence-electron chi connectivity index (χ0n) is 21.0. The number of aliphatic hydroxyl groups is 5. The fraction of sp³-hybridized carbons (Fsp3) is 0.962. The van der Waals surface area contributed by atoms with E-state index in [1.54, 1.807) is 6.92 Å². The highest BCUT2D eigenvalue weighted by atomic mass is 16.7. The molecule has 4 saturated carbocycles. The van der Waals surface area contributed by atoms with Gasteiger partial charge in [-0.1, -0.05) is 13.3 Å². The molecule has 0 amide bonds. The Bertz CT molecular complexity index is 862. The van der Waals surface area contributed by atoms with Crippen molar-refractivity contribution in [2.75, 3.05) is 6.61 Å². The van der Waals surface area contributed by atoms with Crippen molar-refractivity contribution in [3.63, 3.8) is 0 Å². The van der Waals surface area contributed by atoms with Gasteiger partial charge in [-0.3, -0.25) is 4.79 Å². The third kappa shape index (κ3) is 3.42. The van der Waals surface area contributed by atoms with Gasteiger partial charge in [0.05, 0.1) is 17.6 Å². The van der Waals surface area contributed by atoms with E-state index in [9.17, 15) is 35.4 Å². The molecular weight excluding hydrogens is 456 g/mol. The zero-order chi connectivity index (χ0) is 25.6. The third-order valence-corrected chi connectivity index (χ3v) is 11.3. The number of fused-ring (bicyclic) bond motifs is 3. The van der Waals surface area contributed by atoms with Crippen molar-refractivity contribution >= 4 is 5.97 Å². The van der Waals surface area contributed by atoms with Crippen LogP contribution < -0.4 is 0 Å². The summed E-state index contributed by atoms with van der Waals surface area (Å²) in [6, 6.07) is 0. The van der Waals surface area contributed by atoms with Gasteiger partial charge >= 0.3 is 5.97 Å². The van der Waals surface area contributed by atoms with Crippen LogP contribution in [0.1, 0.15) is 78.6 Å². The first-order chi connectivity index (χ1) is 16.3. The van der Waals surface area contributed by atoms with Gasteiger partial charge in [0.2, 0.25) is 0 Å². The topological polar surface area (TPSA) is 157 Å². The van der Waals surface area contributed by atoms with Gasteiger partial charge in [-0.25, -0.2) is 0 Å². The SMILES string of the molecule is C[C@@]1(C(=O)O)CCC[C@]2(C)C1CC[C@@]13C[C@@](OC4OC(CO)C(O)C(O)C4O)(CC[C@H]12)[C@](C)(O)C3. The summed E-state index contributed by atoms with van der Waals surface area (Å²) < 4.78 is 12.0. The summed E-state index contributed by atoms with van der Waals surface area (Å²) in [6.07, 6.45) is -0.332. The van der Waals surface area contributed by atoms with Crippen LogP contribution >= 0.6 is 0 Å². The number of ether oxygens (including phenoxy) is 2. The number of carbonyl (C=O) groups is 1. The van der Waals surface area contributed by atoms with E-state index in [1.165, 1.54) is 0 Å². The zero-order valence-corrected chi connectivity index (χ0v) is 21.0. The van der Waals surface area contributed by atoms with Crippen molar-refractivity contribution in [2.24, 2.45) is 28.1 Å². The van der Waals surface area contributed by atoms with Gasteiger partial charge < -0.3 is 40.1 Å². The molecule has 9 heteroatoms. The van der Waals surface area contributed by atoms with Crippen LogP contribution in [0.15, 0.2) is 0 Å². The van der Waals surface area contributed by atoms with E-state index in [1.807, 2.05) is 6.92 Å². The van der Waals surface area contributed by atoms with Crippen LogP contribution in [0.3, 0.4) is 0 Å². The normalized spacial score (nSPS) is 57.9. The number of rotatable bonds is 4. The average Bonchev–Trinajstić information content (AvgIpc) is 2.94. The Kier molecular flexibility index (Phi) is 5.97. The van der Waals surface area contributed by atoms with Gasteiger partial charge in [-0.15, -0.1) is 0 Å². The lowest BCUT2D eigenvalue weighted by Crippen LogP contribution is -2.63. The maximum atomic E-state index is 12.3. The largest absolute Gasteiger partial charge is 0.481 e. The molecule has 1 spiro atoms. The number of carboxylic acids is 1. The highest BCUT2D eigenvalue weighted by molar-refractivity contribution is 5.75. The molecule has 0 aromatic carbocycles. The van der Waals surface area contributed by atoms with Crippen LogP contribution in [0, 0.1) is 28.1 Å². The fourth-order valence-corrected chi connectivity index (χ4v) is 9.62. The molecule has 4 aliphatic carbocycles. The molecule has 1 heterocycles. The molecule has 5 fully saturated rings. The summed E-state index contributed by atoms with van der Waals surface area (Å²) >= 11 is 0. The minimum atomic E-state index is -1.54. The van der Waals surface area contributed by atoms with Crippen LogP contribution in [-0.2, 0) is 14.3 Å². The van der Waals surface area contributed by atoms with Crippen molar-refractivity contribution in [1.29, 1.82) is 0 Å². The van der Waals surface area contributed by atoms with Gasteiger partial charge in [0.25, 0.3) is 0 Å². The van der Waals surface area contributed by atoms with Crippen molar-refractivity contribution in [3.8, 4) is 0 Å². The van der Waals surface area contributed by atoms with Crippen molar-refractivity contribution in [1.82, 2.24) is 0 Å². The van der Waals surface area contributed by atoms with Crippen molar-refractivity contribution < 1.29 is 44.9 Å². The predicted octanol–water partition coefficient (Wildman–Crippen LogP) is 1.17. The maximum absolute atomic E-state index is 12.3. The lowest BCUT2D eigenvalue weighted by molar-refractivity contribution is -0.346. The number of carboxylic acid groups (broad SMARTS) is 1. The molecule has 0 aromatic rings. The quantitative estimate of drug-likeness (QED) is 0.313. The highest BCUT2D eigenvalue weighted by Crippen LogP contribution is 2.74. The summed E-state index contributed by atoms with van der Waals surface area (Å²) in [5.41, 5.74) is -3.31. The minimum absolute atomic E-state index is 0.0845. The third-order valence-electron chi connectivity index (χ3n) is 11.3. The van der Waals surface area contributed by atoms with Crippen LogP contribution in [0.5, 0.6) is 0 Å². The van der Waals surface area contributed by atoms with Gasteiger partial charge in [0, 0.05) is 0 Å². The maximum Gasteiger partial charge on any atom is 0.309 e. The van der Waals surface area contributed by atoms with E-state index in [0.717, 1.165) is 32.1 Å². The second-order valence-corrected chi connectivity index (χ2v) is 13.1. The van der Waals surface area contributed by atoms with E-state index < -0.39 is 59.9 Å². The molecule has 5 rings (SSSR count). The fourth-order valence-electron chi connectivity index (χ4n) is 9.62. The second kappa shape index (κ2) is 8.09. The molecule has 6 N–H and O–H groups in total. The van der Waals surface area contributed by atoms with Gasteiger partial charge in [0.1, 0.15) is 30.0 Å². The number of aliphatic hydroxyl groups excluding tert-OH is 4.